The standard InChI is InChI=1S/C23H25ClN4O5/c1-14(21(30)27-18-6-4-3-5-7-18)26-23(32)28-13-20(29)25-12-16(22(28)31)10-15-11-17(24)8-9-19(15)33-2/h3-9,11,14,16H,10,12-13H2,1-2H3,(H,25,29)(H,26,32)(H,27,30)/t14-,16?/m1/s1. The van der Waals surface area contributed by atoms with E-state index in [9.17, 15) is 19.2 Å². The lowest BCUT2D eigenvalue weighted by Crippen LogP contribution is -2.52. The van der Waals surface area contributed by atoms with Gasteiger partial charge in [0, 0.05) is 17.3 Å². The van der Waals surface area contributed by atoms with Gasteiger partial charge in [0.2, 0.25) is 17.7 Å². The van der Waals surface area contributed by atoms with Crippen LogP contribution in [0.5, 0.6) is 5.75 Å². The molecule has 10 heteroatoms. The average molecular weight is 473 g/mol. The van der Waals surface area contributed by atoms with Gasteiger partial charge in [-0.1, -0.05) is 29.8 Å². The maximum atomic E-state index is 13.2. The van der Waals surface area contributed by atoms with Gasteiger partial charge < -0.3 is 20.7 Å². The Morgan fingerprint density at radius 3 is 2.64 bits per heavy atom. The lowest BCUT2D eigenvalue weighted by atomic mass is 9.97. The van der Waals surface area contributed by atoms with Crippen molar-refractivity contribution >= 4 is 41.0 Å². The van der Waals surface area contributed by atoms with Crippen LogP contribution in [-0.4, -0.2) is 54.9 Å². The number of imide groups is 1. The highest BCUT2D eigenvalue weighted by Crippen LogP contribution is 2.26. The van der Waals surface area contributed by atoms with Crippen molar-refractivity contribution in [2.75, 3.05) is 25.5 Å². The summed E-state index contributed by atoms with van der Waals surface area (Å²) in [7, 11) is 1.51. The van der Waals surface area contributed by atoms with Gasteiger partial charge in [-0.2, -0.15) is 0 Å². The number of halogens is 1. The topological polar surface area (TPSA) is 117 Å². The van der Waals surface area contributed by atoms with Gasteiger partial charge in [0.1, 0.15) is 18.3 Å². The molecule has 1 fully saturated rings. The van der Waals surface area contributed by atoms with E-state index in [2.05, 4.69) is 16.0 Å². The fraction of sp³-hybridized carbons (Fsp3) is 0.304. The number of amides is 5. The van der Waals surface area contributed by atoms with Crippen molar-refractivity contribution in [2.24, 2.45) is 5.92 Å². The van der Waals surface area contributed by atoms with E-state index in [0.29, 0.717) is 22.0 Å². The molecule has 1 unspecified atom stereocenters. The lowest BCUT2D eigenvalue weighted by Gasteiger charge is -2.24. The summed E-state index contributed by atoms with van der Waals surface area (Å²) < 4.78 is 5.34. The minimum atomic E-state index is -0.941. The van der Waals surface area contributed by atoms with Gasteiger partial charge >= 0.3 is 6.03 Å². The summed E-state index contributed by atoms with van der Waals surface area (Å²) >= 11 is 6.08. The molecule has 1 aliphatic heterocycles. The van der Waals surface area contributed by atoms with E-state index >= 15 is 0 Å². The number of carbonyl (C=O) groups is 4. The molecular formula is C23H25ClN4O5. The zero-order chi connectivity index (χ0) is 24.0. The first-order chi connectivity index (χ1) is 15.8. The summed E-state index contributed by atoms with van der Waals surface area (Å²) in [5.41, 5.74) is 1.25. The first-order valence-corrected chi connectivity index (χ1v) is 10.7. The second-order valence-corrected chi connectivity index (χ2v) is 8.05. The predicted molar refractivity (Wildman–Crippen MR) is 123 cm³/mol. The van der Waals surface area contributed by atoms with Crippen LogP contribution < -0.4 is 20.7 Å². The molecule has 2 atom stereocenters. The number of methoxy groups -OCH3 is 1. The van der Waals surface area contributed by atoms with E-state index in [1.54, 1.807) is 42.5 Å². The number of carbonyl (C=O) groups excluding carboxylic acids is 4. The summed E-state index contributed by atoms with van der Waals surface area (Å²) in [5, 5.41) is 8.30. The van der Waals surface area contributed by atoms with Crippen LogP contribution in [0, 0.1) is 5.92 Å². The van der Waals surface area contributed by atoms with Crippen molar-refractivity contribution < 1.29 is 23.9 Å². The van der Waals surface area contributed by atoms with E-state index in [-0.39, 0.29) is 13.0 Å². The third-order valence-electron chi connectivity index (χ3n) is 5.19. The van der Waals surface area contributed by atoms with Crippen LogP contribution in [0.25, 0.3) is 0 Å². The van der Waals surface area contributed by atoms with Crippen LogP contribution in [0.2, 0.25) is 5.02 Å². The Morgan fingerprint density at radius 1 is 1.21 bits per heavy atom. The molecule has 0 spiro atoms. The van der Waals surface area contributed by atoms with Crippen LogP contribution in [0.1, 0.15) is 12.5 Å². The number of hydrogen-bond donors (Lipinski definition) is 3. The number of rotatable bonds is 6. The molecule has 1 aliphatic rings. The van der Waals surface area contributed by atoms with E-state index < -0.39 is 42.3 Å². The Kier molecular flexibility index (Phi) is 7.89. The molecule has 0 saturated carbocycles. The fourth-order valence-corrected chi connectivity index (χ4v) is 3.62. The van der Waals surface area contributed by atoms with Crippen LogP contribution >= 0.6 is 11.6 Å². The minimum Gasteiger partial charge on any atom is -0.496 e. The summed E-state index contributed by atoms with van der Waals surface area (Å²) in [4.78, 5) is 51.4. The number of para-hydroxylation sites is 1. The third kappa shape index (κ3) is 6.23. The van der Waals surface area contributed by atoms with Crippen molar-refractivity contribution in [2.45, 2.75) is 19.4 Å². The Balaban J connectivity index is 1.71. The Hall–Kier alpha value is -3.59. The van der Waals surface area contributed by atoms with Gasteiger partial charge in [-0.05, 0) is 49.2 Å². The van der Waals surface area contributed by atoms with Crippen LogP contribution in [0.4, 0.5) is 10.5 Å². The molecule has 33 heavy (non-hydrogen) atoms. The highest BCUT2D eigenvalue weighted by Gasteiger charge is 2.35. The number of benzene rings is 2. The monoisotopic (exact) mass is 472 g/mol. The highest BCUT2D eigenvalue weighted by atomic mass is 35.5. The van der Waals surface area contributed by atoms with E-state index in [0.717, 1.165) is 4.90 Å². The molecule has 3 rings (SSSR count). The third-order valence-corrected chi connectivity index (χ3v) is 5.43. The highest BCUT2D eigenvalue weighted by molar-refractivity contribution is 6.30. The van der Waals surface area contributed by atoms with Gasteiger partial charge in [0.15, 0.2) is 0 Å². The molecule has 2 aromatic rings. The zero-order valence-electron chi connectivity index (χ0n) is 18.3. The smallest absolute Gasteiger partial charge is 0.325 e. The number of hydrogen-bond acceptors (Lipinski definition) is 5. The number of ether oxygens (including phenoxy) is 1. The molecule has 0 bridgehead atoms. The molecule has 174 valence electrons. The second kappa shape index (κ2) is 10.8. The maximum absolute atomic E-state index is 13.2. The first-order valence-electron chi connectivity index (χ1n) is 10.4. The van der Waals surface area contributed by atoms with Crippen molar-refractivity contribution in [1.82, 2.24) is 15.5 Å². The zero-order valence-corrected chi connectivity index (χ0v) is 19.0. The first kappa shape index (κ1) is 24.1. The fourth-order valence-electron chi connectivity index (χ4n) is 3.43. The van der Waals surface area contributed by atoms with Crippen molar-refractivity contribution in [3.05, 3.63) is 59.1 Å². The van der Waals surface area contributed by atoms with Crippen LogP contribution in [-0.2, 0) is 20.8 Å². The van der Waals surface area contributed by atoms with Gasteiger partial charge in [-0.3, -0.25) is 19.3 Å². The summed E-state index contributed by atoms with van der Waals surface area (Å²) in [6, 6.07) is 12.0. The number of nitrogens with one attached hydrogen (secondary N) is 3. The molecule has 5 amide bonds. The molecule has 1 heterocycles. The quantitative estimate of drug-likeness (QED) is 0.596. The normalized spacial score (nSPS) is 16.9. The van der Waals surface area contributed by atoms with Crippen molar-refractivity contribution in [3.8, 4) is 5.75 Å². The van der Waals surface area contributed by atoms with Gasteiger partial charge in [-0.25, -0.2) is 4.79 Å². The van der Waals surface area contributed by atoms with Crippen LogP contribution in [0.15, 0.2) is 48.5 Å². The summed E-state index contributed by atoms with van der Waals surface area (Å²) in [6.07, 6.45) is 0.205. The molecule has 0 aromatic heterocycles. The lowest BCUT2D eigenvalue weighted by molar-refractivity contribution is -0.133. The van der Waals surface area contributed by atoms with Crippen LogP contribution in [0.3, 0.4) is 0 Å². The SMILES string of the molecule is COc1ccc(Cl)cc1CC1CNC(=O)CN(C(=O)N[C@H](C)C(=O)Nc2ccccc2)C1=O. The molecule has 3 N–H and O–H groups in total. The predicted octanol–water partition coefficient (Wildman–Crippen LogP) is 2.20. The van der Waals surface area contributed by atoms with Gasteiger partial charge in [-0.15, -0.1) is 0 Å². The molecule has 1 saturated heterocycles. The number of nitrogens with zero attached hydrogens (tertiary/aromatic N) is 1. The van der Waals surface area contributed by atoms with E-state index in [1.165, 1.54) is 14.0 Å². The largest absolute Gasteiger partial charge is 0.496 e. The maximum Gasteiger partial charge on any atom is 0.325 e. The van der Waals surface area contributed by atoms with Gasteiger partial charge in [0.05, 0.1) is 13.0 Å². The second-order valence-electron chi connectivity index (χ2n) is 7.61. The molecule has 2 aromatic carbocycles. The van der Waals surface area contributed by atoms with E-state index in [4.69, 9.17) is 16.3 Å². The van der Waals surface area contributed by atoms with Crippen molar-refractivity contribution in [3.63, 3.8) is 0 Å². The molecule has 9 nitrogen and oxygen atoms in total. The molecule has 0 aliphatic carbocycles. The Labute approximate surface area is 196 Å². The summed E-state index contributed by atoms with van der Waals surface area (Å²) in [6.45, 7) is 1.11. The Bertz CT molecular complexity index is 1050. The van der Waals surface area contributed by atoms with Crippen molar-refractivity contribution in [1.29, 1.82) is 0 Å². The molecular weight excluding hydrogens is 448 g/mol. The Morgan fingerprint density at radius 2 is 1.94 bits per heavy atom. The number of urea groups is 1. The summed E-state index contributed by atoms with van der Waals surface area (Å²) in [5.74, 6) is -1.64. The minimum absolute atomic E-state index is 0.0567. The van der Waals surface area contributed by atoms with E-state index in [1.807, 2.05) is 6.07 Å². The molecule has 0 radical (unpaired) electrons. The number of anilines is 1. The van der Waals surface area contributed by atoms with Gasteiger partial charge in [0.25, 0.3) is 0 Å². The average Bonchev–Trinajstić information content (AvgIpc) is 2.93.